The molecule has 0 bridgehead atoms. The molecular formula is C18H23NO2. The van der Waals surface area contributed by atoms with Crippen LogP contribution in [0.1, 0.15) is 54.4 Å². The first-order valence-electron chi connectivity index (χ1n) is 8.08. The molecule has 2 atom stereocenters. The molecule has 1 amide bonds. The molecule has 1 saturated carbocycles. The van der Waals surface area contributed by atoms with Crippen molar-refractivity contribution >= 4 is 11.7 Å². The second-order valence-corrected chi connectivity index (χ2v) is 6.34. The van der Waals surface area contributed by atoms with Crippen LogP contribution in [0.2, 0.25) is 0 Å². The van der Waals surface area contributed by atoms with Gasteiger partial charge in [-0.1, -0.05) is 24.6 Å². The van der Waals surface area contributed by atoms with Crippen molar-refractivity contribution < 1.29 is 9.59 Å². The van der Waals surface area contributed by atoms with Gasteiger partial charge in [-0.05, 0) is 44.2 Å². The molecule has 1 aliphatic carbocycles. The first kappa shape index (κ1) is 14.3. The van der Waals surface area contributed by atoms with Crippen molar-refractivity contribution in [2.45, 2.75) is 51.5 Å². The quantitative estimate of drug-likeness (QED) is 0.835. The summed E-state index contributed by atoms with van der Waals surface area (Å²) in [6.07, 6.45) is 5.81. The Morgan fingerprint density at radius 3 is 2.71 bits per heavy atom. The third-order valence-corrected chi connectivity index (χ3v) is 5.00. The third-order valence-electron chi connectivity index (χ3n) is 5.00. The van der Waals surface area contributed by atoms with Crippen LogP contribution in [0, 0.1) is 12.8 Å². The third kappa shape index (κ3) is 2.74. The monoisotopic (exact) mass is 285 g/mol. The van der Waals surface area contributed by atoms with Gasteiger partial charge in [0.2, 0.25) is 0 Å². The van der Waals surface area contributed by atoms with Crippen molar-refractivity contribution in [2.24, 2.45) is 5.92 Å². The van der Waals surface area contributed by atoms with Crippen LogP contribution < -0.4 is 0 Å². The number of Topliss-reactive ketones (excluding diaryl/α,β-unsaturated/α-hetero) is 1. The highest BCUT2D eigenvalue weighted by Crippen LogP contribution is 2.33. The average molecular weight is 285 g/mol. The smallest absolute Gasteiger partial charge is 0.254 e. The summed E-state index contributed by atoms with van der Waals surface area (Å²) in [4.78, 5) is 27.0. The number of nitrogens with zero attached hydrogens (tertiary/aromatic N) is 1. The number of carbonyl (C=O) groups excluding carboxylic acids is 2. The predicted octanol–water partition coefficient (Wildman–Crippen LogP) is 3.36. The topological polar surface area (TPSA) is 37.4 Å². The van der Waals surface area contributed by atoms with Crippen molar-refractivity contribution in [2.75, 3.05) is 6.54 Å². The zero-order valence-corrected chi connectivity index (χ0v) is 12.7. The minimum Gasteiger partial charge on any atom is -0.335 e. The van der Waals surface area contributed by atoms with Gasteiger partial charge in [0, 0.05) is 30.5 Å². The average Bonchev–Trinajstić information content (AvgIpc) is 2.97. The van der Waals surface area contributed by atoms with Crippen LogP contribution in [-0.2, 0) is 4.79 Å². The molecule has 2 unspecified atom stereocenters. The van der Waals surface area contributed by atoms with E-state index in [2.05, 4.69) is 0 Å². The number of carbonyl (C=O) groups is 2. The van der Waals surface area contributed by atoms with Gasteiger partial charge < -0.3 is 4.90 Å². The minimum atomic E-state index is 0.0780. The van der Waals surface area contributed by atoms with Gasteiger partial charge in [-0.15, -0.1) is 0 Å². The summed E-state index contributed by atoms with van der Waals surface area (Å²) in [6.45, 7) is 2.77. The number of benzene rings is 1. The SMILES string of the molecule is Cc1ccccc1C(=O)N1CCCC1C1CCCCC1=O. The number of amides is 1. The van der Waals surface area contributed by atoms with Crippen LogP contribution in [0.25, 0.3) is 0 Å². The van der Waals surface area contributed by atoms with E-state index in [1.807, 2.05) is 36.1 Å². The summed E-state index contributed by atoms with van der Waals surface area (Å²) in [5.41, 5.74) is 1.80. The highest BCUT2D eigenvalue weighted by Gasteiger charge is 2.39. The Labute approximate surface area is 126 Å². The van der Waals surface area contributed by atoms with Gasteiger partial charge in [0.15, 0.2) is 0 Å². The number of hydrogen-bond donors (Lipinski definition) is 0. The Morgan fingerprint density at radius 2 is 1.95 bits per heavy atom. The fourth-order valence-corrected chi connectivity index (χ4v) is 3.85. The molecule has 2 aliphatic rings. The van der Waals surface area contributed by atoms with E-state index in [4.69, 9.17) is 0 Å². The molecule has 1 saturated heterocycles. The van der Waals surface area contributed by atoms with Crippen molar-refractivity contribution in [3.05, 3.63) is 35.4 Å². The normalized spacial score (nSPS) is 26.1. The number of likely N-dealkylation sites (tertiary alicyclic amines) is 1. The summed E-state index contributed by atoms with van der Waals surface area (Å²) < 4.78 is 0. The molecule has 1 heterocycles. The zero-order chi connectivity index (χ0) is 14.8. The first-order chi connectivity index (χ1) is 10.2. The van der Waals surface area contributed by atoms with Gasteiger partial charge in [0.25, 0.3) is 5.91 Å². The van der Waals surface area contributed by atoms with Crippen LogP contribution in [0.4, 0.5) is 0 Å². The molecule has 2 fully saturated rings. The van der Waals surface area contributed by atoms with Gasteiger partial charge in [-0.2, -0.15) is 0 Å². The van der Waals surface area contributed by atoms with E-state index < -0.39 is 0 Å². The second kappa shape index (κ2) is 6.00. The van der Waals surface area contributed by atoms with Gasteiger partial charge in [0.05, 0.1) is 0 Å². The van der Waals surface area contributed by atoms with Crippen LogP contribution in [-0.4, -0.2) is 29.2 Å². The standard InChI is InChI=1S/C18H23NO2/c1-13-7-2-3-8-14(13)18(21)19-12-6-10-16(19)15-9-4-5-11-17(15)20/h2-3,7-8,15-16H,4-6,9-12H2,1H3. The maximum Gasteiger partial charge on any atom is 0.254 e. The summed E-state index contributed by atoms with van der Waals surface area (Å²) in [5.74, 6) is 0.555. The maximum atomic E-state index is 12.8. The predicted molar refractivity (Wildman–Crippen MR) is 82.2 cm³/mol. The lowest BCUT2D eigenvalue weighted by molar-refractivity contribution is -0.126. The molecule has 0 radical (unpaired) electrons. The van der Waals surface area contributed by atoms with Crippen molar-refractivity contribution in [3.8, 4) is 0 Å². The molecule has 0 spiro atoms. The Bertz CT molecular complexity index is 552. The van der Waals surface area contributed by atoms with Crippen LogP contribution in [0.5, 0.6) is 0 Å². The minimum absolute atomic E-state index is 0.0780. The number of aryl methyl sites for hydroxylation is 1. The molecule has 1 aliphatic heterocycles. The Morgan fingerprint density at radius 1 is 1.14 bits per heavy atom. The van der Waals surface area contributed by atoms with Crippen molar-refractivity contribution in [1.82, 2.24) is 4.90 Å². The van der Waals surface area contributed by atoms with Gasteiger partial charge in [0.1, 0.15) is 5.78 Å². The van der Waals surface area contributed by atoms with Crippen molar-refractivity contribution in [1.29, 1.82) is 0 Å². The van der Waals surface area contributed by atoms with Crippen LogP contribution in [0.3, 0.4) is 0 Å². The molecular weight excluding hydrogens is 262 g/mol. The summed E-state index contributed by atoms with van der Waals surface area (Å²) >= 11 is 0. The van der Waals surface area contributed by atoms with Crippen molar-refractivity contribution in [3.63, 3.8) is 0 Å². The largest absolute Gasteiger partial charge is 0.335 e. The first-order valence-corrected chi connectivity index (χ1v) is 8.08. The molecule has 1 aromatic rings. The molecule has 3 heteroatoms. The molecule has 21 heavy (non-hydrogen) atoms. The lowest BCUT2D eigenvalue weighted by atomic mass is 9.81. The Kier molecular flexibility index (Phi) is 4.09. The van der Waals surface area contributed by atoms with E-state index in [1.54, 1.807) is 0 Å². The van der Waals surface area contributed by atoms with E-state index in [1.165, 1.54) is 0 Å². The van der Waals surface area contributed by atoms with E-state index >= 15 is 0 Å². The molecule has 0 aromatic heterocycles. The van der Waals surface area contributed by atoms with Crippen LogP contribution in [0.15, 0.2) is 24.3 Å². The zero-order valence-electron chi connectivity index (χ0n) is 12.7. The van der Waals surface area contributed by atoms with E-state index in [0.29, 0.717) is 12.2 Å². The fourth-order valence-electron chi connectivity index (χ4n) is 3.85. The maximum absolute atomic E-state index is 12.8. The van der Waals surface area contributed by atoms with Gasteiger partial charge in [-0.3, -0.25) is 9.59 Å². The van der Waals surface area contributed by atoms with E-state index in [9.17, 15) is 9.59 Å². The summed E-state index contributed by atoms with van der Waals surface area (Å²) in [5, 5.41) is 0. The van der Waals surface area contributed by atoms with Crippen LogP contribution >= 0.6 is 0 Å². The summed E-state index contributed by atoms with van der Waals surface area (Å²) in [6, 6.07) is 7.87. The molecule has 3 rings (SSSR count). The highest BCUT2D eigenvalue weighted by atomic mass is 16.2. The number of hydrogen-bond acceptors (Lipinski definition) is 2. The molecule has 1 aromatic carbocycles. The number of ketones is 1. The Balaban J connectivity index is 1.82. The van der Waals surface area contributed by atoms with E-state index in [0.717, 1.165) is 49.8 Å². The lowest BCUT2D eigenvalue weighted by Gasteiger charge is -2.33. The second-order valence-electron chi connectivity index (χ2n) is 6.34. The highest BCUT2D eigenvalue weighted by molar-refractivity contribution is 5.96. The molecule has 0 N–H and O–H groups in total. The number of rotatable bonds is 2. The molecule has 3 nitrogen and oxygen atoms in total. The van der Waals surface area contributed by atoms with E-state index in [-0.39, 0.29) is 17.9 Å². The van der Waals surface area contributed by atoms with Gasteiger partial charge >= 0.3 is 0 Å². The lowest BCUT2D eigenvalue weighted by Crippen LogP contribution is -2.44. The fraction of sp³-hybridized carbons (Fsp3) is 0.556. The Hall–Kier alpha value is -1.64. The summed E-state index contributed by atoms with van der Waals surface area (Å²) in [7, 11) is 0. The molecule has 112 valence electrons. The van der Waals surface area contributed by atoms with Gasteiger partial charge in [-0.25, -0.2) is 0 Å².